The molecule has 0 spiro atoms. The van der Waals surface area contributed by atoms with Gasteiger partial charge in [0.15, 0.2) is 0 Å². The Morgan fingerprint density at radius 1 is 1.36 bits per heavy atom. The maximum atomic E-state index is 8.70. The smallest absolute Gasteiger partial charge is 0.0433 e. The molecule has 0 fully saturated rings. The molecule has 0 aromatic carbocycles. The minimum atomic E-state index is 0. The molecule has 0 aliphatic heterocycles. The molecule has 64 valence electrons. The van der Waals surface area contributed by atoms with Gasteiger partial charge in [0.05, 0.1) is 0 Å². The largest absolute Gasteiger partial charge is 0.396 e. The first-order valence-corrected chi connectivity index (χ1v) is 4.15. The molecular weight excluding hydrogens is 393 g/mol. The van der Waals surface area contributed by atoms with E-state index in [0.717, 1.165) is 6.42 Å². The van der Waals surface area contributed by atoms with Crippen LogP contribution in [0.1, 0.15) is 40.5 Å². The summed E-state index contributed by atoms with van der Waals surface area (Å²) in [6.45, 7) is 9.25. The van der Waals surface area contributed by atoms with Crippen molar-refractivity contribution in [2.24, 2.45) is 11.3 Å². The van der Waals surface area contributed by atoms with E-state index >= 15 is 0 Å². The number of aliphatic hydroxyl groups is 1. The van der Waals surface area contributed by atoms with Crippen LogP contribution in [0.5, 0.6) is 0 Å². The molecule has 0 aromatic heterocycles. The van der Waals surface area contributed by atoms with Crippen LogP contribution in [0.2, 0.25) is 0 Å². The second-order valence-corrected chi connectivity index (χ2v) is 3.76. The van der Waals surface area contributed by atoms with Crippen LogP contribution >= 0.6 is 0 Å². The molecule has 1 N–H and O–H groups in total. The Bertz CT molecular complexity index is 91.6. The standard InChI is InChI=1S/C9H20O.Sg/c1-5-9(3,4)8(2)6-7-10;/h8,10H,5-7H2,1-4H3;/t8-;/m0./s1. The average Bonchev–Trinajstić information content (AvgIpc) is 1.89. The first kappa shape index (κ1) is 12.6. The summed E-state index contributed by atoms with van der Waals surface area (Å²) in [5.74, 6) is 0.627. The molecule has 0 unspecified atom stereocenters. The van der Waals surface area contributed by atoms with Gasteiger partial charge in [0.25, 0.3) is 0 Å². The molecule has 0 saturated heterocycles. The van der Waals surface area contributed by atoms with Crippen molar-refractivity contribution in [3.8, 4) is 0 Å². The summed E-state index contributed by atoms with van der Waals surface area (Å²) in [6, 6.07) is 0. The van der Waals surface area contributed by atoms with Gasteiger partial charge in [-0.25, -0.2) is 0 Å². The number of rotatable bonds is 4. The Morgan fingerprint density at radius 2 is 1.82 bits per heavy atom. The maximum Gasteiger partial charge on any atom is 0.0433 e. The van der Waals surface area contributed by atoms with E-state index in [-0.39, 0.29) is 0 Å². The zero-order valence-electron chi connectivity index (χ0n) is 8.35. The van der Waals surface area contributed by atoms with Crippen LogP contribution in [-0.4, -0.2) is 11.7 Å². The van der Waals surface area contributed by atoms with Gasteiger partial charge in [-0.3, -0.25) is 0 Å². The first-order valence-electron chi connectivity index (χ1n) is 4.15. The molecule has 0 saturated carbocycles. The third-order valence-corrected chi connectivity index (χ3v) is 2.81. The Hall–Kier alpha value is -1.04. The molecule has 0 aliphatic carbocycles. The van der Waals surface area contributed by atoms with Crippen molar-refractivity contribution in [3.05, 3.63) is 0 Å². The summed E-state index contributed by atoms with van der Waals surface area (Å²) < 4.78 is 0. The topological polar surface area (TPSA) is 20.2 Å². The number of hydrogen-bond acceptors (Lipinski definition) is 1. The van der Waals surface area contributed by atoms with Crippen LogP contribution in [-0.2, 0) is 0 Å². The van der Waals surface area contributed by atoms with Crippen molar-refractivity contribution < 1.29 is 5.11 Å². The van der Waals surface area contributed by atoms with Crippen LogP contribution < -0.4 is 0 Å². The van der Waals surface area contributed by atoms with E-state index < -0.39 is 0 Å². The minimum Gasteiger partial charge on any atom is -0.396 e. The normalized spacial score (nSPS) is 13.9. The van der Waals surface area contributed by atoms with Gasteiger partial charge in [0.1, 0.15) is 0 Å². The first-order chi connectivity index (χ1) is 4.54. The molecule has 1 nitrogen and oxygen atoms in total. The van der Waals surface area contributed by atoms with Gasteiger partial charge in [0, 0.05) is 6.61 Å². The molecule has 0 radical (unpaired) electrons. The predicted octanol–water partition coefficient (Wildman–Crippen LogP) is 2.44. The third-order valence-electron chi connectivity index (χ3n) is 2.81. The van der Waals surface area contributed by atoms with E-state index in [2.05, 4.69) is 27.7 Å². The summed E-state index contributed by atoms with van der Waals surface area (Å²) in [5, 5.41) is 8.70. The predicted molar refractivity (Wildman–Crippen MR) is 44.9 cm³/mol. The second kappa shape index (κ2) is 4.73. The van der Waals surface area contributed by atoms with E-state index in [0.29, 0.717) is 17.9 Å². The molecule has 0 rings (SSSR count). The second-order valence-electron chi connectivity index (χ2n) is 3.76. The fourth-order valence-electron chi connectivity index (χ4n) is 0.933. The number of hydrogen-bond donors (Lipinski definition) is 1. The zero-order valence-corrected chi connectivity index (χ0v) is 14.8. The van der Waals surface area contributed by atoms with E-state index in [4.69, 9.17) is 5.11 Å². The third kappa shape index (κ3) is 3.61. The Labute approximate surface area is 64.5 Å². The van der Waals surface area contributed by atoms with E-state index in [1.807, 2.05) is 0 Å². The summed E-state index contributed by atoms with van der Waals surface area (Å²) in [5.41, 5.74) is 0.392. The van der Waals surface area contributed by atoms with E-state index in [1.54, 1.807) is 0 Å². The fraction of sp³-hybridized carbons (Fsp3) is 1.00. The van der Waals surface area contributed by atoms with Crippen LogP contribution in [0.3, 0.4) is 0 Å². The molecule has 11 heavy (non-hydrogen) atoms. The van der Waals surface area contributed by atoms with E-state index in [1.165, 1.54) is 6.42 Å². The molecule has 0 amide bonds. The minimum absolute atomic E-state index is 0. The van der Waals surface area contributed by atoms with Crippen molar-refractivity contribution in [2.45, 2.75) is 40.5 Å². The molecule has 0 bridgehead atoms. The van der Waals surface area contributed by atoms with Gasteiger partial charge in [0.2, 0.25) is 0 Å². The van der Waals surface area contributed by atoms with E-state index in [9.17, 15) is 0 Å². The summed E-state index contributed by atoms with van der Waals surface area (Å²) in [4.78, 5) is 0. The maximum absolute atomic E-state index is 8.70. The SMILES string of the molecule is CCC(C)(C)[C@@H](C)CCO.[Sg]. The quantitative estimate of drug-likeness (QED) is 0.751. The van der Waals surface area contributed by atoms with Gasteiger partial charge in [-0.05, 0) is 17.8 Å². The molecule has 0 aromatic rings. The average molecular weight is 413 g/mol. The van der Waals surface area contributed by atoms with Crippen molar-refractivity contribution >= 4 is 0 Å². The van der Waals surface area contributed by atoms with Crippen LogP contribution in [0.25, 0.3) is 0 Å². The number of aliphatic hydroxyl groups excluding tert-OH is 1. The van der Waals surface area contributed by atoms with Crippen molar-refractivity contribution in [1.29, 1.82) is 0 Å². The van der Waals surface area contributed by atoms with Gasteiger partial charge in [-0.1, -0.05) is 34.1 Å². The van der Waals surface area contributed by atoms with Crippen molar-refractivity contribution in [2.75, 3.05) is 6.61 Å². The Kier molecular flexibility index (Phi) is 5.42. The molecule has 0 aliphatic rings. The van der Waals surface area contributed by atoms with Crippen molar-refractivity contribution in [3.63, 3.8) is 0 Å². The van der Waals surface area contributed by atoms with Crippen LogP contribution in [0.15, 0.2) is 0 Å². The van der Waals surface area contributed by atoms with Crippen LogP contribution in [0, 0.1) is 11.3 Å². The molecular formula is C9H20OSg. The zero-order chi connectivity index (χ0) is 8.20. The molecule has 1 atom stereocenters. The van der Waals surface area contributed by atoms with Gasteiger partial charge in [-0.2, -0.15) is 0 Å². The summed E-state index contributed by atoms with van der Waals surface area (Å²) in [6.07, 6.45) is 2.12. The Balaban J connectivity index is 0. The van der Waals surface area contributed by atoms with Gasteiger partial charge < -0.3 is 5.11 Å². The van der Waals surface area contributed by atoms with Crippen molar-refractivity contribution in [1.82, 2.24) is 0 Å². The monoisotopic (exact) mass is 415 g/mol. The molecule has 2 heteroatoms. The molecule has 0 heterocycles. The summed E-state index contributed by atoms with van der Waals surface area (Å²) in [7, 11) is 0. The van der Waals surface area contributed by atoms with Crippen LogP contribution in [0.4, 0.5) is 0 Å². The van der Waals surface area contributed by atoms with Gasteiger partial charge in [-0.15, -0.1) is 0 Å². The fourth-order valence-corrected chi connectivity index (χ4v) is 0.933. The van der Waals surface area contributed by atoms with Gasteiger partial charge >= 0.3 is 0 Å². The Morgan fingerprint density at radius 3 is 2.09 bits per heavy atom. The summed E-state index contributed by atoms with van der Waals surface area (Å²) >= 11 is 0.